The van der Waals surface area contributed by atoms with E-state index in [9.17, 15) is 9.18 Å². The number of amides is 1. The van der Waals surface area contributed by atoms with Gasteiger partial charge in [-0.05, 0) is 45.4 Å². The van der Waals surface area contributed by atoms with Crippen LogP contribution in [0.5, 0.6) is 0 Å². The van der Waals surface area contributed by atoms with Crippen LogP contribution in [0.1, 0.15) is 25.6 Å². The first kappa shape index (κ1) is 15.5. The third kappa shape index (κ3) is 4.04. The van der Waals surface area contributed by atoms with E-state index in [4.69, 9.17) is 4.74 Å². The number of nitrogens with one attached hydrogen (secondary N) is 1. The molecule has 0 saturated carbocycles. The van der Waals surface area contributed by atoms with E-state index < -0.39 is 11.7 Å². The highest BCUT2D eigenvalue weighted by atomic mass is 32.1. The van der Waals surface area contributed by atoms with Crippen LogP contribution in [0.3, 0.4) is 0 Å². The first-order valence-electron chi connectivity index (χ1n) is 6.60. The Morgan fingerprint density at radius 3 is 2.67 bits per heavy atom. The molecule has 0 aliphatic rings. The van der Waals surface area contributed by atoms with Crippen molar-refractivity contribution in [3.63, 3.8) is 0 Å². The van der Waals surface area contributed by atoms with Crippen molar-refractivity contribution in [2.45, 2.75) is 33.3 Å². The minimum atomic E-state index is -0.561. The SMILES string of the molecule is Cc1scc(NC(=O)OC(C)(C)C)c1-c1cccc(F)c1. The molecule has 1 amide bonds. The van der Waals surface area contributed by atoms with Gasteiger partial charge in [0.15, 0.2) is 0 Å². The summed E-state index contributed by atoms with van der Waals surface area (Å²) in [7, 11) is 0. The minimum Gasteiger partial charge on any atom is -0.444 e. The predicted molar refractivity (Wildman–Crippen MR) is 84.3 cm³/mol. The van der Waals surface area contributed by atoms with Crippen molar-refractivity contribution >= 4 is 23.1 Å². The monoisotopic (exact) mass is 307 g/mol. The molecule has 0 saturated heterocycles. The van der Waals surface area contributed by atoms with Crippen LogP contribution in [-0.4, -0.2) is 11.7 Å². The summed E-state index contributed by atoms with van der Waals surface area (Å²) >= 11 is 1.50. The molecule has 2 rings (SSSR count). The number of ether oxygens (including phenoxy) is 1. The molecule has 0 unspecified atom stereocenters. The number of hydrogen-bond donors (Lipinski definition) is 1. The Hall–Kier alpha value is -1.88. The molecule has 1 aromatic heterocycles. The number of carbonyl (C=O) groups excluding carboxylic acids is 1. The van der Waals surface area contributed by atoms with E-state index in [1.54, 1.807) is 26.8 Å². The Morgan fingerprint density at radius 2 is 2.05 bits per heavy atom. The van der Waals surface area contributed by atoms with Crippen LogP contribution in [0.15, 0.2) is 29.6 Å². The van der Waals surface area contributed by atoms with E-state index in [0.29, 0.717) is 5.69 Å². The Kier molecular flexibility index (Phi) is 4.32. The summed E-state index contributed by atoms with van der Waals surface area (Å²) in [6, 6.07) is 6.32. The van der Waals surface area contributed by atoms with Crippen LogP contribution < -0.4 is 5.32 Å². The average molecular weight is 307 g/mol. The van der Waals surface area contributed by atoms with Crippen molar-refractivity contribution in [3.8, 4) is 11.1 Å². The molecule has 1 heterocycles. The second-order valence-corrected chi connectivity index (χ2v) is 6.80. The van der Waals surface area contributed by atoms with Gasteiger partial charge in [0.05, 0.1) is 5.69 Å². The lowest BCUT2D eigenvalue weighted by Crippen LogP contribution is -2.27. The Bertz CT molecular complexity index is 659. The highest BCUT2D eigenvalue weighted by molar-refractivity contribution is 7.11. The van der Waals surface area contributed by atoms with Crippen molar-refractivity contribution in [3.05, 3.63) is 40.3 Å². The van der Waals surface area contributed by atoms with Crippen molar-refractivity contribution in [1.82, 2.24) is 0 Å². The molecular formula is C16H18FNO2S. The summed E-state index contributed by atoms with van der Waals surface area (Å²) in [5, 5.41) is 4.57. The normalized spacial score (nSPS) is 11.3. The smallest absolute Gasteiger partial charge is 0.412 e. The fraction of sp³-hybridized carbons (Fsp3) is 0.312. The molecule has 2 aromatic rings. The van der Waals surface area contributed by atoms with Crippen LogP contribution in [0.25, 0.3) is 11.1 Å². The molecule has 0 aliphatic heterocycles. The number of hydrogen-bond acceptors (Lipinski definition) is 3. The molecule has 0 spiro atoms. The number of anilines is 1. The number of aryl methyl sites for hydroxylation is 1. The van der Waals surface area contributed by atoms with Gasteiger partial charge in [0.1, 0.15) is 11.4 Å². The highest BCUT2D eigenvalue weighted by Crippen LogP contribution is 2.36. The fourth-order valence-electron chi connectivity index (χ4n) is 1.96. The summed E-state index contributed by atoms with van der Waals surface area (Å²) in [6.45, 7) is 7.35. The zero-order chi connectivity index (χ0) is 15.6. The van der Waals surface area contributed by atoms with Crippen molar-refractivity contribution in [2.24, 2.45) is 0 Å². The van der Waals surface area contributed by atoms with Crippen LogP contribution in [0.2, 0.25) is 0 Å². The van der Waals surface area contributed by atoms with E-state index in [1.165, 1.54) is 23.5 Å². The number of rotatable bonds is 2. The molecule has 0 atom stereocenters. The molecule has 1 aromatic carbocycles. The van der Waals surface area contributed by atoms with Crippen molar-refractivity contribution in [2.75, 3.05) is 5.32 Å². The minimum absolute atomic E-state index is 0.304. The lowest BCUT2D eigenvalue weighted by molar-refractivity contribution is 0.0636. The lowest BCUT2D eigenvalue weighted by Gasteiger charge is -2.19. The fourth-order valence-corrected chi connectivity index (χ4v) is 2.78. The van der Waals surface area contributed by atoms with Gasteiger partial charge in [-0.2, -0.15) is 0 Å². The first-order chi connectivity index (χ1) is 9.76. The third-order valence-electron chi connectivity index (χ3n) is 2.72. The summed E-state index contributed by atoms with van der Waals surface area (Å²) in [6.07, 6.45) is -0.516. The largest absolute Gasteiger partial charge is 0.444 e. The van der Waals surface area contributed by atoms with E-state index in [0.717, 1.165) is 16.0 Å². The molecule has 0 radical (unpaired) electrons. The number of halogens is 1. The van der Waals surface area contributed by atoms with Crippen molar-refractivity contribution < 1.29 is 13.9 Å². The van der Waals surface area contributed by atoms with Gasteiger partial charge >= 0.3 is 6.09 Å². The standard InChI is InChI=1S/C16H18FNO2S/c1-10-14(11-6-5-7-12(17)8-11)13(9-21-10)18-15(19)20-16(2,3)4/h5-9H,1-4H3,(H,18,19). The summed E-state index contributed by atoms with van der Waals surface area (Å²) in [4.78, 5) is 12.9. The van der Waals surface area contributed by atoms with Gasteiger partial charge in [0.25, 0.3) is 0 Å². The maximum atomic E-state index is 13.4. The van der Waals surface area contributed by atoms with Crippen LogP contribution >= 0.6 is 11.3 Å². The number of benzene rings is 1. The van der Waals surface area contributed by atoms with Gasteiger partial charge in [-0.25, -0.2) is 9.18 Å². The van der Waals surface area contributed by atoms with Gasteiger partial charge in [-0.1, -0.05) is 12.1 Å². The van der Waals surface area contributed by atoms with Crippen molar-refractivity contribution in [1.29, 1.82) is 0 Å². The van der Waals surface area contributed by atoms with Gasteiger partial charge in [0, 0.05) is 15.8 Å². The zero-order valence-electron chi connectivity index (χ0n) is 12.5. The number of carbonyl (C=O) groups is 1. The molecule has 1 N–H and O–H groups in total. The maximum absolute atomic E-state index is 13.4. The van der Waals surface area contributed by atoms with Crippen LogP contribution in [0, 0.1) is 12.7 Å². The van der Waals surface area contributed by atoms with Gasteiger partial charge < -0.3 is 4.74 Å². The van der Waals surface area contributed by atoms with Crippen LogP contribution in [0.4, 0.5) is 14.9 Å². The summed E-state index contributed by atoms with van der Waals surface area (Å²) in [5.74, 6) is -0.304. The number of thiophene rings is 1. The predicted octanol–water partition coefficient (Wildman–Crippen LogP) is 5.21. The first-order valence-corrected chi connectivity index (χ1v) is 7.48. The zero-order valence-corrected chi connectivity index (χ0v) is 13.3. The highest BCUT2D eigenvalue weighted by Gasteiger charge is 2.19. The van der Waals surface area contributed by atoms with Crippen LogP contribution in [-0.2, 0) is 4.74 Å². The molecule has 0 fully saturated rings. The second kappa shape index (κ2) is 5.85. The van der Waals surface area contributed by atoms with E-state index in [-0.39, 0.29) is 5.82 Å². The molecule has 0 bridgehead atoms. The Labute approximate surface area is 127 Å². The average Bonchev–Trinajstić information content (AvgIpc) is 2.67. The Morgan fingerprint density at radius 1 is 1.33 bits per heavy atom. The molecule has 112 valence electrons. The summed E-state index contributed by atoms with van der Waals surface area (Å²) in [5.41, 5.74) is 1.64. The van der Waals surface area contributed by atoms with E-state index >= 15 is 0 Å². The van der Waals surface area contributed by atoms with Gasteiger partial charge in [-0.15, -0.1) is 11.3 Å². The Balaban J connectivity index is 2.29. The molecule has 3 nitrogen and oxygen atoms in total. The lowest BCUT2D eigenvalue weighted by atomic mass is 10.1. The van der Waals surface area contributed by atoms with E-state index in [1.807, 2.05) is 18.4 Å². The molecule has 21 heavy (non-hydrogen) atoms. The molecule has 0 aliphatic carbocycles. The second-order valence-electron chi connectivity index (χ2n) is 5.72. The van der Waals surface area contributed by atoms with E-state index in [2.05, 4.69) is 5.32 Å². The topological polar surface area (TPSA) is 38.3 Å². The maximum Gasteiger partial charge on any atom is 0.412 e. The molecular weight excluding hydrogens is 289 g/mol. The third-order valence-corrected chi connectivity index (χ3v) is 3.64. The van der Waals surface area contributed by atoms with Gasteiger partial charge in [0.2, 0.25) is 0 Å². The summed E-state index contributed by atoms with van der Waals surface area (Å²) < 4.78 is 18.6. The van der Waals surface area contributed by atoms with Gasteiger partial charge in [-0.3, -0.25) is 5.32 Å². The molecule has 5 heteroatoms. The quantitative estimate of drug-likeness (QED) is 0.827.